The number of rotatable bonds is 11. The number of hydrogen-bond donors (Lipinski definition) is 7. The molecule has 0 amide bonds. The molecule has 0 heterocycles. The van der Waals surface area contributed by atoms with Crippen LogP contribution in [0, 0.1) is 0 Å². The van der Waals surface area contributed by atoms with Gasteiger partial charge < -0.3 is 78.9 Å². The van der Waals surface area contributed by atoms with Gasteiger partial charge in [-0.25, -0.2) is 0 Å². The highest BCUT2D eigenvalue weighted by Crippen LogP contribution is 2.13. The molecule has 0 bridgehead atoms. The first kappa shape index (κ1) is 58.1. The molecule has 0 rings (SSSR count). The number of carbonyl (C=O) groups excluding carboxylic acids is 3. The highest BCUT2D eigenvalue weighted by molar-refractivity contribution is 5.86. The minimum atomic E-state index is -2.97. The molecule has 19 heteroatoms. The van der Waals surface area contributed by atoms with E-state index in [9.17, 15) is 29.7 Å². The van der Waals surface area contributed by atoms with Gasteiger partial charge in [0, 0.05) is 45.6 Å². The van der Waals surface area contributed by atoms with Crippen LogP contribution in [-0.2, 0) is 28.8 Å². The van der Waals surface area contributed by atoms with Crippen LogP contribution in [0.4, 0.5) is 0 Å². The molecule has 0 radical (unpaired) electrons. The van der Waals surface area contributed by atoms with Crippen LogP contribution in [0.25, 0.3) is 0 Å². The summed E-state index contributed by atoms with van der Waals surface area (Å²) in [5, 5.41) is 86.3. The summed E-state index contributed by atoms with van der Waals surface area (Å²) < 4.78 is 2.53. The van der Waals surface area contributed by atoms with E-state index in [1.54, 1.807) is 0 Å². The number of aliphatic carboxylic acids is 6. The number of aliphatic hydroxyl groups is 4. The molecule has 19 nitrogen and oxygen atoms in total. The standard InChI is InChI=1S/C6H8O7.3C5H14NO.3C2H4O2/c7-3(8)1-6(13,5(11)12)2-4(9)10;3*1-6(2,3)4-5-7;3*1-2(3)4/h13H,1-2H2,(H,7,8)(H,9,10)(H,11,12);3*7H,4-5H2,1-3H3;3*1H3,(H,3,4)/q;3*+1;;;/p-3. The monoisotopic (exact) mass is 681 g/mol. The molecule has 0 spiro atoms. The molecule has 0 atom stereocenters. The van der Waals surface area contributed by atoms with Crippen molar-refractivity contribution in [2.45, 2.75) is 39.2 Å². The van der Waals surface area contributed by atoms with Crippen molar-refractivity contribution in [3.05, 3.63) is 0 Å². The Morgan fingerprint density at radius 3 is 0.696 bits per heavy atom. The Morgan fingerprint density at radius 2 is 0.652 bits per heavy atom. The Bertz CT molecular complexity index is 736. The second-order valence-corrected chi connectivity index (χ2v) is 12.2. The number of nitrogens with zero attached hydrogens (tertiary/aromatic N) is 3. The first-order valence-corrected chi connectivity index (χ1v) is 13.3. The van der Waals surface area contributed by atoms with Crippen molar-refractivity contribution < 1.29 is 93.3 Å². The average molecular weight is 682 g/mol. The lowest BCUT2D eigenvalue weighted by atomic mass is 9.96. The third-order valence-corrected chi connectivity index (χ3v) is 3.57. The van der Waals surface area contributed by atoms with Gasteiger partial charge in [-0.15, -0.1) is 0 Å². The molecule has 0 aliphatic heterocycles. The third kappa shape index (κ3) is 105. The fourth-order valence-corrected chi connectivity index (χ4v) is 1.58. The molecule has 278 valence electrons. The summed E-state index contributed by atoms with van der Waals surface area (Å²) in [5.41, 5.74) is -2.97. The molecule has 46 heavy (non-hydrogen) atoms. The van der Waals surface area contributed by atoms with Gasteiger partial charge in [0.15, 0.2) is 0 Å². The van der Waals surface area contributed by atoms with Crippen molar-refractivity contribution >= 4 is 35.8 Å². The lowest BCUT2D eigenvalue weighted by molar-refractivity contribution is -0.870. The fourth-order valence-electron chi connectivity index (χ4n) is 1.58. The minimum Gasteiger partial charge on any atom is -0.550 e. The van der Waals surface area contributed by atoms with E-state index in [4.69, 9.17) is 50.1 Å². The second kappa shape index (κ2) is 31.5. The van der Waals surface area contributed by atoms with Crippen molar-refractivity contribution in [1.82, 2.24) is 0 Å². The Kier molecular flexibility index (Phi) is 39.8. The number of carboxylic acids is 6. The zero-order chi connectivity index (χ0) is 39.1. The summed E-state index contributed by atoms with van der Waals surface area (Å²) in [6, 6.07) is 0. The smallest absolute Gasteiger partial charge is 0.300 e. The third-order valence-electron chi connectivity index (χ3n) is 3.57. The van der Waals surface area contributed by atoms with Gasteiger partial charge in [0.05, 0.1) is 89.2 Å². The second-order valence-electron chi connectivity index (χ2n) is 12.2. The molecule has 0 saturated heterocycles. The summed E-state index contributed by atoms with van der Waals surface area (Å²) in [6.45, 7) is 6.59. The van der Waals surface area contributed by atoms with Gasteiger partial charge in [-0.1, -0.05) is 0 Å². The molecule has 0 aromatic heterocycles. The highest BCUT2D eigenvalue weighted by atomic mass is 16.4. The molecule has 0 unspecified atom stereocenters. The summed E-state index contributed by atoms with van der Waals surface area (Å²) in [4.78, 5) is 57.0. The molecule has 7 N–H and O–H groups in total. The van der Waals surface area contributed by atoms with E-state index >= 15 is 0 Å². The largest absolute Gasteiger partial charge is 0.550 e. The summed E-state index contributed by atoms with van der Waals surface area (Å²) in [6.07, 6.45) is -2.72. The van der Waals surface area contributed by atoms with Crippen molar-refractivity contribution in [3.8, 4) is 0 Å². The van der Waals surface area contributed by atoms with Crippen LogP contribution >= 0.6 is 0 Å². The van der Waals surface area contributed by atoms with Crippen molar-refractivity contribution in [2.24, 2.45) is 0 Å². The maximum Gasteiger partial charge on any atom is 0.300 e. The van der Waals surface area contributed by atoms with Crippen LogP contribution in [0.3, 0.4) is 0 Å². The molecule has 0 aliphatic carbocycles. The first-order chi connectivity index (χ1) is 20.2. The predicted molar refractivity (Wildman–Crippen MR) is 159 cm³/mol. The van der Waals surface area contributed by atoms with E-state index in [-0.39, 0.29) is 19.8 Å². The van der Waals surface area contributed by atoms with Crippen LogP contribution < -0.4 is 15.3 Å². The zero-order valence-corrected chi connectivity index (χ0v) is 29.3. The number of quaternary nitrogens is 3. The summed E-state index contributed by atoms with van der Waals surface area (Å²) >= 11 is 0. The SMILES string of the molecule is CC(=O)O.CC(=O)O.CC(=O)O.C[N+](C)(C)CCO.C[N+](C)(C)CCO.C[N+](C)(C)CCO.O=C([O-])CC(O)(CC(=O)[O-])C(=O)[O-]. The molecule has 0 aliphatic rings. The van der Waals surface area contributed by atoms with E-state index in [1.165, 1.54) is 0 Å². The van der Waals surface area contributed by atoms with Crippen LogP contribution in [0.5, 0.6) is 0 Å². The van der Waals surface area contributed by atoms with Gasteiger partial charge in [-0.05, 0) is 0 Å². The fraction of sp³-hybridized carbons (Fsp3) is 0.778. The van der Waals surface area contributed by atoms with Gasteiger partial charge >= 0.3 is 0 Å². The summed E-state index contributed by atoms with van der Waals surface area (Å²) in [7, 11) is 18.5. The van der Waals surface area contributed by atoms with Crippen LogP contribution in [0.1, 0.15) is 33.6 Å². The Labute approximate surface area is 271 Å². The Morgan fingerprint density at radius 1 is 0.500 bits per heavy atom. The van der Waals surface area contributed by atoms with Crippen molar-refractivity contribution in [2.75, 3.05) is 103 Å². The average Bonchev–Trinajstić information content (AvgIpc) is 2.70. The normalized spacial score (nSPS) is 10.2. The number of aliphatic hydroxyl groups excluding tert-OH is 3. The molecule has 0 aromatic carbocycles. The van der Waals surface area contributed by atoms with E-state index in [1.807, 2.05) is 0 Å². The van der Waals surface area contributed by atoms with Crippen LogP contribution in [0.15, 0.2) is 0 Å². The van der Waals surface area contributed by atoms with E-state index in [0.29, 0.717) is 0 Å². The van der Waals surface area contributed by atoms with E-state index in [0.717, 1.165) is 53.9 Å². The van der Waals surface area contributed by atoms with Crippen molar-refractivity contribution in [3.63, 3.8) is 0 Å². The number of likely N-dealkylation sites (N-methyl/N-ethyl adjacent to an activating group) is 3. The quantitative estimate of drug-likeness (QED) is 0.0998. The predicted octanol–water partition coefficient (Wildman–Crippen LogP) is -5.93. The van der Waals surface area contributed by atoms with E-state index in [2.05, 4.69) is 63.4 Å². The molecular weight excluding hydrogens is 622 g/mol. The number of carboxylic acid groups (broad SMARTS) is 6. The Balaban J connectivity index is -0.0000000811. The lowest BCUT2D eigenvalue weighted by Gasteiger charge is -2.29. The first-order valence-electron chi connectivity index (χ1n) is 13.3. The Hall–Kier alpha value is -3.46. The van der Waals surface area contributed by atoms with Crippen molar-refractivity contribution in [1.29, 1.82) is 0 Å². The van der Waals surface area contributed by atoms with Gasteiger partial charge in [-0.2, -0.15) is 0 Å². The van der Waals surface area contributed by atoms with E-state index < -0.39 is 54.3 Å². The molecule has 0 fully saturated rings. The minimum absolute atomic E-state index is 0.281. The number of hydrogen-bond acceptors (Lipinski definition) is 13. The lowest BCUT2D eigenvalue weighted by Crippen LogP contribution is -2.54. The maximum absolute atomic E-state index is 10.1. The summed E-state index contributed by atoms with van der Waals surface area (Å²) in [5.74, 6) is -8.48. The van der Waals surface area contributed by atoms with Crippen LogP contribution in [0.2, 0.25) is 0 Å². The molecule has 0 aromatic rings. The molecular formula is C27H59N3O16. The zero-order valence-electron chi connectivity index (χ0n) is 29.3. The van der Waals surface area contributed by atoms with Gasteiger partial charge in [0.1, 0.15) is 25.2 Å². The maximum atomic E-state index is 10.1. The topological polar surface area (TPSA) is 313 Å². The number of carbonyl (C=O) groups is 6. The van der Waals surface area contributed by atoms with Gasteiger partial charge in [-0.3, -0.25) is 14.4 Å². The molecule has 0 saturated carbocycles. The highest BCUT2D eigenvalue weighted by Gasteiger charge is 2.29. The van der Waals surface area contributed by atoms with Gasteiger partial charge in [0.2, 0.25) is 0 Å². The van der Waals surface area contributed by atoms with Gasteiger partial charge in [0.25, 0.3) is 17.9 Å². The van der Waals surface area contributed by atoms with Crippen LogP contribution in [-0.4, -0.2) is 193 Å².